The summed E-state index contributed by atoms with van der Waals surface area (Å²) < 4.78 is 0. The van der Waals surface area contributed by atoms with Crippen molar-refractivity contribution in [2.45, 2.75) is 32.1 Å². The molecule has 5 nitrogen and oxygen atoms in total. The van der Waals surface area contributed by atoms with Crippen LogP contribution in [0.5, 0.6) is 0 Å². The maximum absolute atomic E-state index is 7.39. The Morgan fingerprint density at radius 3 is 2.83 bits per heavy atom. The number of aromatic nitrogens is 2. The van der Waals surface area contributed by atoms with E-state index in [2.05, 4.69) is 14.9 Å². The molecule has 5 heteroatoms. The number of rotatable bonds is 4. The Hall–Kier alpha value is -1.65. The lowest BCUT2D eigenvalue weighted by Gasteiger charge is -2.27. The smallest absolute Gasteiger partial charge is 0.225 e. The van der Waals surface area contributed by atoms with E-state index < -0.39 is 0 Å². The minimum atomic E-state index is -0.00952. The highest BCUT2D eigenvalue weighted by atomic mass is 15.2. The summed E-state index contributed by atoms with van der Waals surface area (Å²) in [5, 5.41) is 7.39. The second kappa shape index (κ2) is 5.80. The number of nitrogens with two attached hydrogens (primary N) is 1. The number of amidine groups is 1. The lowest BCUT2D eigenvalue weighted by molar-refractivity contribution is 0.361. The molecule has 2 rings (SSSR count). The lowest BCUT2D eigenvalue weighted by atomic mass is 9.89. The molecule has 0 amide bonds. The van der Waals surface area contributed by atoms with Crippen LogP contribution in [0, 0.1) is 11.3 Å². The van der Waals surface area contributed by atoms with Crippen molar-refractivity contribution in [2.24, 2.45) is 11.7 Å². The van der Waals surface area contributed by atoms with Crippen molar-refractivity contribution in [1.82, 2.24) is 9.97 Å². The second-order valence-electron chi connectivity index (χ2n) is 5.04. The number of nitrogens with zero attached hydrogens (tertiary/aromatic N) is 3. The number of nitrogens with one attached hydrogen (secondary N) is 1. The van der Waals surface area contributed by atoms with E-state index in [1.807, 2.05) is 7.05 Å². The zero-order chi connectivity index (χ0) is 13.0. The van der Waals surface area contributed by atoms with E-state index in [0.29, 0.717) is 11.6 Å². The molecule has 1 saturated carbocycles. The highest BCUT2D eigenvalue weighted by Crippen LogP contribution is 2.24. The summed E-state index contributed by atoms with van der Waals surface area (Å²) in [6.45, 7) is 0.987. The number of hydrogen-bond donors (Lipinski definition) is 2. The third-order valence-corrected chi connectivity index (χ3v) is 3.52. The Morgan fingerprint density at radius 2 is 2.17 bits per heavy atom. The minimum Gasteiger partial charge on any atom is -0.382 e. The average Bonchev–Trinajstić information content (AvgIpc) is 2.40. The van der Waals surface area contributed by atoms with Crippen LogP contribution in [0.15, 0.2) is 12.3 Å². The van der Waals surface area contributed by atoms with Crippen LogP contribution < -0.4 is 10.6 Å². The Bertz CT molecular complexity index is 412. The Kier molecular flexibility index (Phi) is 4.12. The van der Waals surface area contributed by atoms with Gasteiger partial charge in [-0.05, 0) is 24.8 Å². The van der Waals surface area contributed by atoms with Gasteiger partial charge >= 0.3 is 0 Å². The molecule has 98 valence electrons. The fourth-order valence-electron chi connectivity index (χ4n) is 2.52. The van der Waals surface area contributed by atoms with Crippen LogP contribution in [0.25, 0.3) is 0 Å². The SMILES string of the molecule is CN(CC1CCCCC1)c1nccc(C(=N)N)n1. The molecule has 0 saturated heterocycles. The van der Waals surface area contributed by atoms with Crippen molar-refractivity contribution in [3.05, 3.63) is 18.0 Å². The summed E-state index contributed by atoms with van der Waals surface area (Å²) in [6, 6.07) is 1.67. The topological polar surface area (TPSA) is 78.9 Å². The van der Waals surface area contributed by atoms with E-state index in [4.69, 9.17) is 11.1 Å². The van der Waals surface area contributed by atoms with Crippen LogP contribution in [0.2, 0.25) is 0 Å². The van der Waals surface area contributed by atoms with Gasteiger partial charge in [0.25, 0.3) is 0 Å². The molecule has 0 spiro atoms. The van der Waals surface area contributed by atoms with Gasteiger partial charge in [0.15, 0.2) is 0 Å². The maximum Gasteiger partial charge on any atom is 0.225 e. The molecule has 0 aliphatic heterocycles. The second-order valence-corrected chi connectivity index (χ2v) is 5.04. The summed E-state index contributed by atoms with van der Waals surface area (Å²) >= 11 is 0. The first kappa shape index (κ1) is 12.8. The molecule has 1 heterocycles. The van der Waals surface area contributed by atoms with Crippen molar-refractivity contribution >= 4 is 11.8 Å². The van der Waals surface area contributed by atoms with Gasteiger partial charge in [0, 0.05) is 19.8 Å². The first-order valence-electron chi connectivity index (χ1n) is 6.55. The molecule has 1 aliphatic carbocycles. The van der Waals surface area contributed by atoms with Crippen LogP contribution in [0.3, 0.4) is 0 Å². The molecule has 0 atom stereocenters. The van der Waals surface area contributed by atoms with Crippen LogP contribution >= 0.6 is 0 Å². The van der Waals surface area contributed by atoms with Gasteiger partial charge in [-0.15, -0.1) is 0 Å². The van der Waals surface area contributed by atoms with Gasteiger partial charge in [-0.25, -0.2) is 9.97 Å². The summed E-state index contributed by atoms with van der Waals surface area (Å²) in [6.07, 6.45) is 8.32. The Labute approximate surface area is 108 Å². The molecular formula is C13H21N5. The Balaban J connectivity index is 2.01. The van der Waals surface area contributed by atoms with Crippen LogP contribution in [0.4, 0.5) is 5.95 Å². The summed E-state index contributed by atoms with van der Waals surface area (Å²) in [7, 11) is 2.01. The van der Waals surface area contributed by atoms with Crippen molar-refractivity contribution in [3.8, 4) is 0 Å². The zero-order valence-electron chi connectivity index (χ0n) is 10.9. The third-order valence-electron chi connectivity index (χ3n) is 3.52. The van der Waals surface area contributed by atoms with E-state index in [0.717, 1.165) is 12.5 Å². The predicted octanol–water partition coefficient (Wildman–Crippen LogP) is 1.78. The van der Waals surface area contributed by atoms with Gasteiger partial charge < -0.3 is 10.6 Å². The fraction of sp³-hybridized carbons (Fsp3) is 0.615. The standard InChI is InChI=1S/C13H21N5/c1-18(9-10-5-3-2-4-6-10)13-16-8-7-11(17-13)12(14)15/h7-8,10H,2-6,9H2,1H3,(H3,14,15). The van der Waals surface area contributed by atoms with Crippen LogP contribution in [-0.4, -0.2) is 29.4 Å². The van der Waals surface area contributed by atoms with Crippen molar-refractivity contribution in [2.75, 3.05) is 18.5 Å². The number of hydrogen-bond acceptors (Lipinski definition) is 4. The van der Waals surface area contributed by atoms with Gasteiger partial charge in [-0.3, -0.25) is 5.41 Å². The fourth-order valence-corrected chi connectivity index (χ4v) is 2.52. The van der Waals surface area contributed by atoms with Gasteiger partial charge in [0.1, 0.15) is 11.5 Å². The monoisotopic (exact) mass is 247 g/mol. The van der Waals surface area contributed by atoms with Gasteiger partial charge in [0.2, 0.25) is 5.95 Å². The van der Waals surface area contributed by atoms with E-state index in [1.165, 1.54) is 32.1 Å². The molecule has 0 bridgehead atoms. The first-order valence-corrected chi connectivity index (χ1v) is 6.55. The molecular weight excluding hydrogens is 226 g/mol. The molecule has 1 fully saturated rings. The highest BCUT2D eigenvalue weighted by molar-refractivity contribution is 5.93. The van der Waals surface area contributed by atoms with E-state index >= 15 is 0 Å². The molecule has 1 aromatic heterocycles. The maximum atomic E-state index is 7.39. The zero-order valence-corrected chi connectivity index (χ0v) is 10.9. The summed E-state index contributed by atoms with van der Waals surface area (Å²) in [5.41, 5.74) is 5.94. The van der Waals surface area contributed by atoms with E-state index in [9.17, 15) is 0 Å². The quantitative estimate of drug-likeness (QED) is 0.628. The summed E-state index contributed by atoms with van der Waals surface area (Å²) in [4.78, 5) is 10.6. The lowest BCUT2D eigenvalue weighted by Crippen LogP contribution is -2.29. The molecule has 0 aromatic carbocycles. The molecule has 3 N–H and O–H groups in total. The molecule has 1 aliphatic rings. The molecule has 1 aromatic rings. The predicted molar refractivity (Wildman–Crippen MR) is 72.9 cm³/mol. The average molecular weight is 247 g/mol. The van der Waals surface area contributed by atoms with Gasteiger partial charge in [-0.2, -0.15) is 0 Å². The highest BCUT2D eigenvalue weighted by Gasteiger charge is 2.17. The van der Waals surface area contributed by atoms with Crippen molar-refractivity contribution in [1.29, 1.82) is 5.41 Å². The van der Waals surface area contributed by atoms with E-state index in [1.54, 1.807) is 12.3 Å². The first-order chi connectivity index (χ1) is 8.66. The van der Waals surface area contributed by atoms with Crippen LogP contribution in [-0.2, 0) is 0 Å². The summed E-state index contributed by atoms with van der Waals surface area (Å²) in [5.74, 6) is 1.39. The normalized spacial score (nSPS) is 16.5. The number of nitrogen functional groups attached to an aromatic ring is 1. The number of anilines is 1. The Morgan fingerprint density at radius 1 is 1.44 bits per heavy atom. The minimum absolute atomic E-state index is 0.00952. The van der Waals surface area contributed by atoms with Gasteiger partial charge in [-0.1, -0.05) is 19.3 Å². The largest absolute Gasteiger partial charge is 0.382 e. The van der Waals surface area contributed by atoms with Gasteiger partial charge in [0.05, 0.1) is 0 Å². The molecule has 0 unspecified atom stereocenters. The van der Waals surface area contributed by atoms with Crippen LogP contribution in [0.1, 0.15) is 37.8 Å². The van der Waals surface area contributed by atoms with Crippen molar-refractivity contribution < 1.29 is 0 Å². The molecule has 0 radical (unpaired) electrons. The van der Waals surface area contributed by atoms with Crippen molar-refractivity contribution in [3.63, 3.8) is 0 Å². The van der Waals surface area contributed by atoms with E-state index in [-0.39, 0.29) is 5.84 Å². The third kappa shape index (κ3) is 3.18. The molecule has 18 heavy (non-hydrogen) atoms.